The van der Waals surface area contributed by atoms with Gasteiger partial charge in [0, 0.05) is 5.56 Å². The fourth-order valence-electron chi connectivity index (χ4n) is 1.87. The Bertz CT molecular complexity index is 778. The number of hydrogen-bond acceptors (Lipinski definition) is 3. The van der Waals surface area contributed by atoms with Crippen molar-refractivity contribution in [1.29, 1.82) is 0 Å². The smallest absolute Gasteiger partial charge is 0.282 e. The van der Waals surface area contributed by atoms with Gasteiger partial charge in [-0.3, -0.25) is 0 Å². The van der Waals surface area contributed by atoms with Crippen LogP contribution in [0.25, 0.3) is 0 Å². The van der Waals surface area contributed by atoms with Crippen LogP contribution in [0.4, 0.5) is 0 Å². The fourth-order valence-corrected chi connectivity index (χ4v) is 2.73. The molecule has 2 aromatic carbocycles. The Morgan fingerprint density at radius 2 is 1.74 bits per heavy atom. The lowest BCUT2D eigenvalue weighted by Gasteiger charge is -2.10. The first-order valence-corrected chi connectivity index (χ1v) is 8.91. The highest BCUT2D eigenvalue weighted by atomic mass is 32.2. The second-order valence-electron chi connectivity index (χ2n) is 5.77. The van der Waals surface area contributed by atoms with Gasteiger partial charge in [0.2, 0.25) is 0 Å². The molecule has 0 atom stereocenters. The molecule has 0 radical (unpaired) electrons. The number of nitrogens with zero attached hydrogens (tertiary/aromatic N) is 1. The molecule has 0 saturated carbocycles. The first-order chi connectivity index (χ1) is 10.9. The van der Waals surface area contributed by atoms with Crippen molar-refractivity contribution in [2.75, 3.05) is 6.61 Å². The van der Waals surface area contributed by atoms with Crippen molar-refractivity contribution in [2.45, 2.75) is 25.7 Å². The Balaban J connectivity index is 2.24. The van der Waals surface area contributed by atoms with Crippen LogP contribution >= 0.6 is 0 Å². The van der Waals surface area contributed by atoms with Gasteiger partial charge in [0.25, 0.3) is 10.0 Å². The predicted molar refractivity (Wildman–Crippen MR) is 92.7 cm³/mol. The van der Waals surface area contributed by atoms with Crippen molar-refractivity contribution in [2.24, 2.45) is 10.3 Å². The number of aryl methyl sites for hydroxylation is 1. The highest BCUT2D eigenvalue weighted by molar-refractivity contribution is 7.90. The predicted octanol–water partition coefficient (Wildman–Crippen LogP) is 3.84. The fraction of sp³-hybridized carbons (Fsp3) is 0.278. The summed E-state index contributed by atoms with van der Waals surface area (Å²) >= 11 is 0. The number of para-hydroxylation sites is 1. The zero-order valence-corrected chi connectivity index (χ0v) is 14.4. The zero-order chi connectivity index (χ0) is 16.9. The van der Waals surface area contributed by atoms with Gasteiger partial charge in [-0.05, 0) is 37.1 Å². The van der Waals surface area contributed by atoms with E-state index in [1.54, 1.807) is 30.3 Å². The van der Waals surface area contributed by atoms with Gasteiger partial charge in [-0.15, -0.1) is 0 Å². The van der Waals surface area contributed by atoms with Crippen LogP contribution in [-0.4, -0.2) is 21.2 Å². The van der Waals surface area contributed by atoms with Gasteiger partial charge < -0.3 is 4.74 Å². The number of hydrogen-bond donors (Lipinski definition) is 0. The lowest BCUT2D eigenvalue weighted by molar-refractivity contribution is 0.271. The number of ether oxygens (including phenoxy) is 1. The summed E-state index contributed by atoms with van der Waals surface area (Å²) in [5.74, 6) is 1.01. The van der Waals surface area contributed by atoms with Crippen LogP contribution in [0.3, 0.4) is 0 Å². The molecule has 0 unspecified atom stereocenters. The molecule has 23 heavy (non-hydrogen) atoms. The second kappa shape index (κ2) is 7.42. The monoisotopic (exact) mass is 331 g/mol. The normalized spacial score (nSPS) is 12.0. The molecule has 0 aliphatic rings. The van der Waals surface area contributed by atoms with E-state index >= 15 is 0 Å². The molecule has 2 rings (SSSR count). The minimum Gasteiger partial charge on any atom is -0.493 e. The molecule has 0 aliphatic heterocycles. The maximum Gasteiger partial charge on any atom is 0.282 e. The average Bonchev–Trinajstić information content (AvgIpc) is 2.52. The molecule has 0 N–H and O–H groups in total. The number of rotatable bonds is 6. The van der Waals surface area contributed by atoms with Crippen LogP contribution in [0.5, 0.6) is 5.75 Å². The van der Waals surface area contributed by atoms with Crippen LogP contribution in [0.1, 0.15) is 25.0 Å². The van der Waals surface area contributed by atoms with Crippen molar-refractivity contribution in [3.05, 3.63) is 59.7 Å². The highest BCUT2D eigenvalue weighted by Crippen LogP contribution is 2.18. The Morgan fingerprint density at radius 1 is 1.09 bits per heavy atom. The molecule has 0 heterocycles. The SMILES string of the molecule is Cc1ccc(S(=O)(=O)/N=C\c2ccccc2OCC(C)C)cc1. The molecule has 4 nitrogen and oxygen atoms in total. The summed E-state index contributed by atoms with van der Waals surface area (Å²) in [5, 5.41) is 0. The number of sulfonamides is 1. The van der Waals surface area contributed by atoms with Gasteiger partial charge in [-0.2, -0.15) is 12.8 Å². The summed E-state index contributed by atoms with van der Waals surface area (Å²) in [6, 6.07) is 13.9. The summed E-state index contributed by atoms with van der Waals surface area (Å²) in [5.41, 5.74) is 1.64. The molecule has 2 aromatic rings. The zero-order valence-electron chi connectivity index (χ0n) is 13.6. The van der Waals surface area contributed by atoms with E-state index in [-0.39, 0.29) is 4.90 Å². The van der Waals surface area contributed by atoms with Gasteiger partial charge in [-0.1, -0.05) is 43.7 Å². The topological polar surface area (TPSA) is 55.7 Å². The largest absolute Gasteiger partial charge is 0.493 e. The quantitative estimate of drug-likeness (QED) is 0.756. The van der Waals surface area contributed by atoms with E-state index in [9.17, 15) is 8.42 Å². The Labute approximate surface area is 137 Å². The highest BCUT2D eigenvalue weighted by Gasteiger charge is 2.11. The molecular weight excluding hydrogens is 310 g/mol. The van der Waals surface area contributed by atoms with Crippen molar-refractivity contribution in [3.63, 3.8) is 0 Å². The summed E-state index contributed by atoms with van der Waals surface area (Å²) in [7, 11) is -3.71. The van der Waals surface area contributed by atoms with Gasteiger partial charge in [0.05, 0.1) is 17.7 Å². The van der Waals surface area contributed by atoms with Gasteiger partial charge >= 0.3 is 0 Å². The summed E-state index contributed by atoms with van der Waals surface area (Å²) < 4.78 is 34.0. The van der Waals surface area contributed by atoms with Gasteiger partial charge in [0.15, 0.2) is 0 Å². The third kappa shape index (κ3) is 4.93. The molecule has 122 valence electrons. The van der Waals surface area contributed by atoms with E-state index in [2.05, 4.69) is 18.2 Å². The van der Waals surface area contributed by atoms with E-state index in [1.165, 1.54) is 6.21 Å². The van der Waals surface area contributed by atoms with Crippen LogP contribution < -0.4 is 4.74 Å². The van der Waals surface area contributed by atoms with Crippen molar-refractivity contribution in [3.8, 4) is 5.75 Å². The van der Waals surface area contributed by atoms with E-state index in [1.807, 2.05) is 25.1 Å². The Hall–Kier alpha value is -2.14. The van der Waals surface area contributed by atoms with Crippen LogP contribution in [0.15, 0.2) is 57.8 Å². The van der Waals surface area contributed by atoms with Crippen molar-refractivity contribution in [1.82, 2.24) is 0 Å². The summed E-state index contributed by atoms with van der Waals surface area (Å²) in [4.78, 5) is 0.180. The van der Waals surface area contributed by atoms with E-state index in [4.69, 9.17) is 4.74 Å². The van der Waals surface area contributed by atoms with E-state index < -0.39 is 10.0 Å². The molecule has 0 amide bonds. The van der Waals surface area contributed by atoms with E-state index in [0.717, 1.165) is 5.56 Å². The van der Waals surface area contributed by atoms with Gasteiger partial charge in [-0.25, -0.2) is 0 Å². The molecule has 5 heteroatoms. The second-order valence-corrected chi connectivity index (χ2v) is 7.40. The average molecular weight is 331 g/mol. The molecule has 0 saturated heterocycles. The first-order valence-electron chi connectivity index (χ1n) is 7.47. The number of benzene rings is 2. The molecule has 0 aliphatic carbocycles. The lowest BCUT2D eigenvalue weighted by Crippen LogP contribution is -2.06. The third-order valence-corrected chi connectivity index (χ3v) is 4.39. The van der Waals surface area contributed by atoms with Crippen molar-refractivity contribution >= 4 is 16.2 Å². The van der Waals surface area contributed by atoms with Gasteiger partial charge in [0.1, 0.15) is 5.75 Å². The van der Waals surface area contributed by atoms with Crippen molar-refractivity contribution < 1.29 is 13.2 Å². The minimum absolute atomic E-state index is 0.180. The van der Waals surface area contributed by atoms with Crippen LogP contribution in [-0.2, 0) is 10.0 Å². The van der Waals surface area contributed by atoms with Crippen LogP contribution in [0, 0.1) is 12.8 Å². The molecule has 0 fully saturated rings. The molecule has 0 spiro atoms. The summed E-state index contributed by atoms with van der Waals surface area (Å²) in [6.07, 6.45) is 1.34. The molecular formula is C18H21NO3S. The molecule has 0 bridgehead atoms. The Morgan fingerprint density at radius 3 is 2.39 bits per heavy atom. The Kier molecular flexibility index (Phi) is 5.55. The first kappa shape index (κ1) is 17.2. The maximum absolute atomic E-state index is 12.3. The third-order valence-electron chi connectivity index (χ3n) is 3.14. The lowest BCUT2D eigenvalue weighted by atomic mass is 10.2. The van der Waals surface area contributed by atoms with E-state index in [0.29, 0.717) is 23.8 Å². The maximum atomic E-state index is 12.3. The standard InChI is InChI=1S/C18H21NO3S/c1-14(2)13-22-18-7-5-4-6-16(18)12-19-23(20,21)17-10-8-15(3)9-11-17/h4-12,14H,13H2,1-3H3/b19-12-. The minimum atomic E-state index is -3.71. The summed E-state index contributed by atoms with van der Waals surface area (Å²) in [6.45, 7) is 6.58. The van der Waals surface area contributed by atoms with Crippen LogP contribution in [0.2, 0.25) is 0 Å². The molecule has 0 aromatic heterocycles.